The number of anilines is 1. The molecule has 1 aromatic carbocycles. The van der Waals surface area contributed by atoms with Crippen LogP contribution in [0, 0.1) is 12.7 Å². The molecule has 31 heavy (non-hydrogen) atoms. The summed E-state index contributed by atoms with van der Waals surface area (Å²) in [4.78, 5) is 32.9. The number of aromatic carboxylic acids is 1. The summed E-state index contributed by atoms with van der Waals surface area (Å²) in [6.07, 6.45) is 1.25. The molecule has 3 aromatic rings. The maximum Gasteiger partial charge on any atom is 0.354 e. The van der Waals surface area contributed by atoms with E-state index in [2.05, 4.69) is 15.3 Å². The van der Waals surface area contributed by atoms with Crippen molar-refractivity contribution in [2.24, 2.45) is 0 Å². The van der Waals surface area contributed by atoms with Gasteiger partial charge < -0.3 is 20.3 Å². The molecule has 1 aliphatic rings. The minimum absolute atomic E-state index is 0.0291. The highest BCUT2D eigenvalue weighted by Gasteiger charge is 2.26. The van der Waals surface area contributed by atoms with Crippen LogP contribution in [0.1, 0.15) is 39.5 Å². The first-order chi connectivity index (χ1) is 14.8. The van der Waals surface area contributed by atoms with Crippen LogP contribution in [0.15, 0.2) is 24.3 Å². The Morgan fingerprint density at radius 1 is 1.26 bits per heavy atom. The molecular formula is C21H19Cl2FN4O3. The number of carbonyl (C=O) groups is 2. The lowest BCUT2D eigenvalue weighted by Gasteiger charge is -2.34. The van der Waals surface area contributed by atoms with E-state index < -0.39 is 11.8 Å². The Balaban J connectivity index is 1.52. The molecule has 0 unspecified atom stereocenters. The quantitative estimate of drug-likeness (QED) is 0.530. The smallest absolute Gasteiger partial charge is 0.354 e. The first kappa shape index (κ1) is 21.4. The zero-order valence-electron chi connectivity index (χ0n) is 16.5. The van der Waals surface area contributed by atoms with Gasteiger partial charge in [0.1, 0.15) is 17.0 Å². The number of piperidine rings is 1. The summed E-state index contributed by atoms with van der Waals surface area (Å²) in [5, 5.41) is 13.4. The predicted octanol–water partition coefficient (Wildman–Crippen LogP) is 4.41. The van der Waals surface area contributed by atoms with Gasteiger partial charge in [-0.15, -0.1) is 0 Å². The Labute approximate surface area is 187 Å². The van der Waals surface area contributed by atoms with Crippen molar-refractivity contribution in [3.63, 3.8) is 0 Å². The van der Waals surface area contributed by atoms with Crippen molar-refractivity contribution in [1.29, 1.82) is 0 Å². The third-order valence-corrected chi connectivity index (χ3v) is 6.39. The minimum atomic E-state index is -1.22. The number of benzene rings is 1. The summed E-state index contributed by atoms with van der Waals surface area (Å²) < 4.78 is 14.3. The average molecular weight is 465 g/mol. The van der Waals surface area contributed by atoms with Crippen LogP contribution in [0.3, 0.4) is 0 Å². The Morgan fingerprint density at radius 3 is 2.58 bits per heavy atom. The van der Waals surface area contributed by atoms with Gasteiger partial charge in [0, 0.05) is 35.9 Å². The first-order valence-electron chi connectivity index (χ1n) is 9.68. The second-order valence-corrected chi connectivity index (χ2v) is 8.21. The fraction of sp³-hybridized carbons (Fsp3) is 0.286. The molecule has 1 aliphatic heterocycles. The Kier molecular flexibility index (Phi) is 5.77. The molecule has 0 radical (unpaired) electrons. The Morgan fingerprint density at radius 2 is 1.97 bits per heavy atom. The molecule has 10 heteroatoms. The van der Waals surface area contributed by atoms with Crippen molar-refractivity contribution < 1.29 is 19.1 Å². The highest BCUT2D eigenvalue weighted by atomic mass is 35.5. The van der Waals surface area contributed by atoms with Gasteiger partial charge in [-0.05, 0) is 31.9 Å². The summed E-state index contributed by atoms with van der Waals surface area (Å²) in [7, 11) is 0. The summed E-state index contributed by atoms with van der Waals surface area (Å²) >= 11 is 12.2. The van der Waals surface area contributed by atoms with Crippen LogP contribution in [-0.4, -0.2) is 46.1 Å². The van der Waals surface area contributed by atoms with Crippen molar-refractivity contribution in [2.45, 2.75) is 25.8 Å². The largest absolute Gasteiger partial charge is 0.477 e. The van der Waals surface area contributed by atoms with E-state index in [0.717, 1.165) is 0 Å². The van der Waals surface area contributed by atoms with E-state index in [0.29, 0.717) is 47.7 Å². The summed E-state index contributed by atoms with van der Waals surface area (Å²) in [6, 6.07) is 5.92. The highest BCUT2D eigenvalue weighted by molar-refractivity contribution is 6.44. The molecule has 2 aromatic heterocycles. The normalized spacial score (nSPS) is 14.8. The number of amides is 1. The number of aryl methyl sites for hydroxylation is 1. The number of halogens is 3. The molecule has 0 aliphatic carbocycles. The van der Waals surface area contributed by atoms with E-state index in [1.165, 1.54) is 12.1 Å². The molecule has 162 valence electrons. The Bertz CT molecular complexity index is 1190. The van der Waals surface area contributed by atoms with Crippen molar-refractivity contribution in [3.05, 3.63) is 57.2 Å². The van der Waals surface area contributed by atoms with Gasteiger partial charge in [-0.3, -0.25) is 4.79 Å². The van der Waals surface area contributed by atoms with E-state index in [4.69, 9.17) is 23.2 Å². The lowest BCUT2D eigenvalue weighted by atomic mass is 10.0. The predicted molar refractivity (Wildman–Crippen MR) is 117 cm³/mol. The fourth-order valence-corrected chi connectivity index (χ4v) is 4.23. The molecule has 1 fully saturated rings. The number of H-pyrrole nitrogens is 1. The van der Waals surface area contributed by atoms with Crippen molar-refractivity contribution in [1.82, 2.24) is 15.3 Å². The molecule has 0 bridgehead atoms. The van der Waals surface area contributed by atoms with Crippen molar-refractivity contribution in [3.8, 4) is 0 Å². The second-order valence-electron chi connectivity index (χ2n) is 7.46. The molecule has 0 atom stereocenters. The molecule has 3 heterocycles. The van der Waals surface area contributed by atoms with Crippen LogP contribution in [0.25, 0.3) is 10.9 Å². The Hall–Kier alpha value is -2.84. The van der Waals surface area contributed by atoms with Gasteiger partial charge in [0.25, 0.3) is 5.91 Å². The van der Waals surface area contributed by atoms with Crippen LogP contribution in [0.5, 0.6) is 0 Å². The van der Waals surface area contributed by atoms with E-state index in [9.17, 15) is 19.1 Å². The van der Waals surface area contributed by atoms with Gasteiger partial charge >= 0.3 is 5.97 Å². The van der Waals surface area contributed by atoms with Gasteiger partial charge in [-0.2, -0.15) is 0 Å². The second kappa shape index (κ2) is 8.36. The monoisotopic (exact) mass is 464 g/mol. The van der Waals surface area contributed by atoms with E-state index >= 15 is 0 Å². The van der Waals surface area contributed by atoms with Gasteiger partial charge in [-0.1, -0.05) is 35.3 Å². The van der Waals surface area contributed by atoms with Crippen molar-refractivity contribution >= 4 is 51.7 Å². The zero-order valence-corrected chi connectivity index (χ0v) is 18.0. The number of carbonyl (C=O) groups excluding carboxylic acids is 1. The van der Waals surface area contributed by atoms with Crippen LogP contribution < -0.4 is 10.2 Å². The van der Waals surface area contributed by atoms with Gasteiger partial charge in [0.15, 0.2) is 5.69 Å². The van der Waals surface area contributed by atoms with Crippen LogP contribution >= 0.6 is 23.2 Å². The number of hydrogen-bond donors (Lipinski definition) is 3. The number of rotatable bonds is 4. The van der Waals surface area contributed by atoms with Gasteiger partial charge in [0.2, 0.25) is 0 Å². The molecular weight excluding hydrogens is 446 g/mol. The lowest BCUT2D eigenvalue weighted by molar-refractivity contribution is 0.0690. The van der Waals surface area contributed by atoms with Gasteiger partial charge in [0.05, 0.1) is 10.0 Å². The number of aromatic nitrogens is 2. The van der Waals surface area contributed by atoms with Crippen LogP contribution in [-0.2, 0) is 0 Å². The van der Waals surface area contributed by atoms with E-state index in [-0.39, 0.29) is 33.9 Å². The SMILES string of the molecule is Cc1[nH]c(C(=O)NC2CCN(c3cc(C(=O)O)nc4c(F)cccc34)CC2)c(Cl)c1Cl. The third-order valence-electron chi connectivity index (χ3n) is 5.44. The average Bonchev–Trinajstić information content (AvgIpc) is 3.01. The molecule has 1 saturated heterocycles. The molecule has 0 spiro atoms. The number of hydrogen-bond acceptors (Lipinski definition) is 4. The first-order valence-corrected chi connectivity index (χ1v) is 10.4. The maximum atomic E-state index is 14.3. The number of para-hydroxylation sites is 1. The molecule has 0 saturated carbocycles. The highest BCUT2D eigenvalue weighted by Crippen LogP contribution is 2.31. The van der Waals surface area contributed by atoms with E-state index in [1.54, 1.807) is 19.1 Å². The molecule has 7 nitrogen and oxygen atoms in total. The summed E-state index contributed by atoms with van der Waals surface area (Å²) in [5.74, 6) is -2.12. The van der Waals surface area contributed by atoms with Gasteiger partial charge in [-0.25, -0.2) is 14.2 Å². The van der Waals surface area contributed by atoms with E-state index in [1.807, 2.05) is 4.90 Å². The number of pyridine rings is 1. The zero-order chi connectivity index (χ0) is 22.3. The molecule has 4 rings (SSSR count). The topological polar surface area (TPSA) is 98.3 Å². The molecule has 3 N–H and O–H groups in total. The number of nitrogens with one attached hydrogen (secondary N) is 2. The number of fused-ring (bicyclic) bond motifs is 1. The number of nitrogens with zero attached hydrogens (tertiary/aromatic N) is 2. The summed E-state index contributed by atoms with van der Waals surface area (Å²) in [5.41, 5.74) is 1.28. The fourth-order valence-electron chi connectivity index (χ4n) is 3.82. The van der Waals surface area contributed by atoms with Crippen LogP contribution in [0.4, 0.5) is 10.1 Å². The van der Waals surface area contributed by atoms with Crippen LogP contribution in [0.2, 0.25) is 10.0 Å². The maximum absolute atomic E-state index is 14.3. The lowest BCUT2D eigenvalue weighted by Crippen LogP contribution is -2.45. The molecule has 1 amide bonds. The standard InChI is InChI=1S/C21H19Cl2FN4O3/c1-10-16(22)17(23)19(25-10)20(29)26-11-5-7-28(8-6-11)15-9-14(21(30)31)27-18-12(15)3-2-4-13(18)24/h2-4,9,11,25H,5-8H2,1H3,(H,26,29)(H,30,31). The number of carboxylic acid groups (broad SMARTS) is 1. The van der Waals surface area contributed by atoms with Crippen molar-refractivity contribution in [2.75, 3.05) is 18.0 Å². The number of carboxylic acids is 1. The number of aromatic amines is 1. The summed E-state index contributed by atoms with van der Waals surface area (Å²) in [6.45, 7) is 2.84. The third kappa shape index (κ3) is 4.05. The minimum Gasteiger partial charge on any atom is -0.477 e.